The van der Waals surface area contributed by atoms with Crippen molar-refractivity contribution in [1.29, 1.82) is 0 Å². The number of rotatable bonds is 8. The molecule has 2 fully saturated rings. The predicted octanol–water partition coefficient (Wildman–Crippen LogP) is -4.92. The number of morpholine rings is 2. The van der Waals surface area contributed by atoms with Crippen molar-refractivity contribution in [3.63, 3.8) is 0 Å². The van der Waals surface area contributed by atoms with Gasteiger partial charge in [0.1, 0.15) is 32.0 Å². The van der Waals surface area contributed by atoms with Crippen molar-refractivity contribution in [2.75, 3.05) is 79.8 Å². The number of Topliss-reactive ketones (excluding diaryl/α,β-unsaturated/α-hetero) is 1. The molecule has 2 saturated heterocycles. The third kappa shape index (κ3) is 9.07. The molecule has 0 spiro atoms. The van der Waals surface area contributed by atoms with Crippen LogP contribution in [0.4, 0.5) is 0 Å². The lowest BCUT2D eigenvalue weighted by molar-refractivity contribution is -0.917. The number of carbonyl (C=O) groups is 1. The molecule has 0 aliphatic carbocycles. The second kappa shape index (κ2) is 12.4. The largest absolute Gasteiger partial charge is 1.00 e. The minimum atomic E-state index is 0. The highest BCUT2D eigenvalue weighted by Gasteiger charge is 2.26. The lowest BCUT2D eigenvalue weighted by Gasteiger charge is -2.37. The molecule has 0 amide bonds. The van der Waals surface area contributed by atoms with Gasteiger partial charge in [-0.25, -0.2) is 0 Å². The number of hydrogen-bond acceptors (Lipinski definition) is 3. The lowest BCUT2D eigenvalue weighted by Crippen LogP contribution is -3.00. The quantitative estimate of drug-likeness (QED) is 0.218. The molecular formula is C17H34I2N2O3. The Bertz CT molecular complexity index is 326. The third-order valence-corrected chi connectivity index (χ3v) is 5.41. The summed E-state index contributed by atoms with van der Waals surface area (Å²) >= 11 is 0. The second-order valence-corrected chi connectivity index (χ2v) is 7.55. The number of carbonyl (C=O) groups excluding carboxylic acids is 1. The zero-order valence-corrected chi connectivity index (χ0v) is 19.6. The topological polar surface area (TPSA) is 35.5 Å². The van der Waals surface area contributed by atoms with Crippen molar-refractivity contribution in [2.24, 2.45) is 0 Å². The average Bonchev–Trinajstić information content (AvgIpc) is 2.48. The summed E-state index contributed by atoms with van der Waals surface area (Å²) in [5.41, 5.74) is 0. The van der Waals surface area contributed by atoms with Crippen molar-refractivity contribution in [2.45, 2.75) is 25.7 Å². The molecule has 0 aromatic heterocycles. The van der Waals surface area contributed by atoms with E-state index in [1.165, 1.54) is 0 Å². The Morgan fingerprint density at radius 2 is 1.08 bits per heavy atom. The van der Waals surface area contributed by atoms with Crippen LogP contribution in [0.25, 0.3) is 0 Å². The number of ether oxygens (including phenoxy) is 2. The van der Waals surface area contributed by atoms with Gasteiger partial charge in [-0.1, -0.05) is 0 Å². The number of halogens is 2. The average molecular weight is 568 g/mol. The van der Waals surface area contributed by atoms with Gasteiger partial charge in [-0.3, -0.25) is 4.79 Å². The molecule has 24 heavy (non-hydrogen) atoms. The van der Waals surface area contributed by atoms with Gasteiger partial charge in [0.2, 0.25) is 0 Å². The van der Waals surface area contributed by atoms with Crippen molar-refractivity contribution in [1.82, 2.24) is 0 Å². The van der Waals surface area contributed by atoms with Gasteiger partial charge in [-0.2, -0.15) is 0 Å². The first-order valence-corrected chi connectivity index (χ1v) is 8.86. The number of quaternary nitrogens is 2. The van der Waals surface area contributed by atoms with E-state index in [0.29, 0.717) is 5.78 Å². The molecule has 5 nitrogen and oxygen atoms in total. The molecule has 0 radical (unpaired) electrons. The summed E-state index contributed by atoms with van der Waals surface area (Å²) in [5.74, 6) is 0.444. The maximum Gasteiger partial charge on any atom is 0.133 e. The van der Waals surface area contributed by atoms with E-state index < -0.39 is 0 Å². The van der Waals surface area contributed by atoms with E-state index in [4.69, 9.17) is 9.47 Å². The number of likely N-dealkylation sites (N-methyl/N-ethyl adjacent to an activating group) is 2. The molecule has 2 rings (SSSR count). The van der Waals surface area contributed by atoms with Crippen LogP contribution in [0.15, 0.2) is 0 Å². The first-order chi connectivity index (χ1) is 10.5. The van der Waals surface area contributed by atoms with Crippen molar-refractivity contribution in [3.8, 4) is 0 Å². The highest BCUT2D eigenvalue weighted by molar-refractivity contribution is 5.78. The molecule has 7 heteroatoms. The predicted molar refractivity (Wildman–Crippen MR) is 86.7 cm³/mol. The van der Waals surface area contributed by atoms with Gasteiger partial charge in [-0.15, -0.1) is 0 Å². The minimum absolute atomic E-state index is 0. The summed E-state index contributed by atoms with van der Waals surface area (Å²) in [7, 11) is 4.58. The fraction of sp³-hybridized carbons (Fsp3) is 0.941. The molecule has 0 saturated carbocycles. The molecule has 2 aliphatic rings. The standard InChI is InChI=1S/C17H34N2O3.2HI/c1-18(9-13-21-14-10-18)7-3-5-17(20)6-4-8-19(2)11-15-22-16-12-19;;/h3-16H2,1-2H3;2*1H/q+2;;/p-2. The SMILES string of the molecule is C[N+]1(CCCC(=O)CCC[N+]2(C)CCOCC2)CCOCC1.[I-].[I-]. The maximum atomic E-state index is 12.1. The maximum absolute atomic E-state index is 12.1. The monoisotopic (exact) mass is 568 g/mol. The van der Waals surface area contributed by atoms with Gasteiger partial charge >= 0.3 is 0 Å². The number of hydrogen-bond donors (Lipinski definition) is 0. The Labute approximate surface area is 181 Å². The Morgan fingerprint density at radius 3 is 1.42 bits per heavy atom. The van der Waals surface area contributed by atoms with E-state index in [0.717, 1.165) is 100 Å². The summed E-state index contributed by atoms with van der Waals surface area (Å²) in [6, 6.07) is 0. The molecule has 0 aromatic rings. The van der Waals surface area contributed by atoms with E-state index in [9.17, 15) is 4.79 Å². The van der Waals surface area contributed by atoms with Crippen LogP contribution in [-0.2, 0) is 14.3 Å². The van der Waals surface area contributed by atoms with E-state index in [1.54, 1.807) is 0 Å². The number of nitrogens with zero attached hydrogens (tertiary/aromatic N) is 2. The van der Waals surface area contributed by atoms with Gasteiger partial charge in [0.25, 0.3) is 0 Å². The van der Waals surface area contributed by atoms with Crippen molar-refractivity contribution in [3.05, 3.63) is 0 Å². The zero-order chi connectivity index (χ0) is 15.9. The van der Waals surface area contributed by atoms with Crippen LogP contribution in [0.5, 0.6) is 0 Å². The summed E-state index contributed by atoms with van der Waals surface area (Å²) in [5, 5.41) is 0. The summed E-state index contributed by atoms with van der Waals surface area (Å²) in [6.07, 6.45) is 3.55. The Balaban J connectivity index is 0.00000264. The molecule has 0 aromatic carbocycles. The fourth-order valence-corrected chi connectivity index (χ4v) is 3.46. The minimum Gasteiger partial charge on any atom is -1.00 e. The van der Waals surface area contributed by atoms with E-state index >= 15 is 0 Å². The van der Waals surface area contributed by atoms with Crippen LogP contribution in [0.3, 0.4) is 0 Å². The van der Waals surface area contributed by atoms with E-state index in [1.807, 2.05) is 0 Å². The van der Waals surface area contributed by atoms with Crippen LogP contribution in [-0.4, -0.2) is 94.5 Å². The normalized spacial score (nSPS) is 22.1. The van der Waals surface area contributed by atoms with Crippen molar-refractivity contribution >= 4 is 5.78 Å². The second-order valence-electron chi connectivity index (χ2n) is 7.55. The summed E-state index contributed by atoms with van der Waals surface area (Å²) < 4.78 is 13.0. The molecule has 0 bridgehead atoms. The molecule has 2 heterocycles. The number of ketones is 1. The van der Waals surface area contributed by atoms with Crippen LogP contribution in [0.2, 0.25) is 0 Å². The fourth-order valence-electron chi connectivity index (χ4n) is 3.46. The van der Waals surface area contributed by atoms with Crippen LogP contribution in [0, 0.1) is 0 Å². The Hall–Kier alpha value is 0.970. The third-order valence-electron chi connectivity index (χ3n) is 5.41. The van der Waals surface area contributed by atoms with Gasteiger partial charge in [-0.05, 0) is 0 Å². The first kappa shape index (κ1) is 25.0. The molecular weight excluding hydrogens is 534 g/mol. The zero-order valence-electron chi connectivity index (χ0n) is 15.3. The molecule has 0 N–H and O–H groups in total. The van der Waals surface area contributed by atoms with Gasteiger partial charge in [0.05, 0.1) is 53.6 Å². The van der Waals surface area contributed by atoms with Gasteiger partial charge < -0.3 is 66.4 Å². The lowest BCUT2D eigenvalue weighted by atomic mass is 10.1. The van der Waals surface area contributed by atoms with Crippen molar-refractivity contribution < 1.29 is 71.2 Å². The van der Waals surface area contributed by atoms with E-state index in [2.05, 4.69) is 14.1 Å². The summed E-state index contributed by atoms with van der Waals surface area (Å²) in [6.45, 7) is 10.0. The first-order valence-electron chi connectivity index (χ1n) is 8.86. The Morgan fingerprint density at radius 1 is 0.750 bits per heavy atom. The molecule has 2 aliphatic heterocycles. The molecule has 144 valence electrons. The van der Waals surface area contributed by atoms with Gasteiger partial charge in [0, 0.05) is 25.7 Å². The molecule has 0 unspecified atom stereocenters. The van der Waals surface area contributed by atoms with E-state index in [-0.39, 0.29) is 48.0 Å². The highest BCUT2D eigenvalue weighted by Crippen LogP contribution is 2.13. The van der Waals surface area contributed by atoms with Crippen LogP contribution < -0.4 is 48.0 Å². The molecule has 0 atom stereocenters. The van der Waals surface area contributed by atoms with Gasteiger partial charge in [0.15, 0.2) is 0 Å². The van der Waals surface area contributed by atoms with Crippen LogP contribution >= 0.6 is 0 Å². The highest BCUT2D eigenvalue weighted by atomic mass is 127. The summed E-state index contributed by atoms with van der Waals surface area (Å²) in [4.78, 5) is 12.1. The Kier molecular flexibility index (Phi) is 12.9. The van der Waals surface area contributed by atoms with Crippen LogP contribution in [0.1, 0.15) is 25.7 Å². The smallest absolute Gasteiger partial charge is 0.133 e.